The lowest BCUT2D eigenvalue weighted by Gasteiger charge is -2.25. The van der Waals surface area contributed by atoms with Gasteiger partial charge >= 0.3 is 0 Å². The lowest BCUT2D eigenvalue weighted by atomic mass is 10.1. The van der Waals surface area contributed by atoms with Crippen LogP contribution in [0.15, 0.2) is 140 Å². The zero-order valence-electron chi connectivity index (χ0n) is 21.0. The molecule has 0 aliphatic carbocycles. The second-order valence-electron chi connectivity index (χ2n) is 9.69. The summed E-state index contributed by atoms with van der Waals surface area (Å²) in [6, 6.07) is 47.4. The zero-order valence-corrected chi connectivity index (χ0v) is 21.8. The SMILES string of the molecule is c1ccc(N(c2ccccc2)c2ccc(-n3c4cc5sc6ccccc6c5cc4c4ncccc43)cc2)cc1. The van der Waals surface area contributed by atoms with E-state index in [0.29, 0.717) is 0 Å². The number of nitrogens with zero attached hydrogens (tertiary/aromatic N) is 3. The van der Waals surface area contributed by atoms with Crippen molar-refractivity contribution in [3.05, 3.63) is 140 Å². The minimum atomic E-state index is 1.03. The summed E-state index contributed by atoms with van der Waals surface area (Å²) in [4.78, 5) is 7.12. The fraction of sp³-hybridized carbons (Fsp3) is 0. The molecule has 5 aromatic carbocycles. The van der Waals surface area contributed by atoms with Crippen LogP contribution in [0.2, 0.25) is 0 Å². The molecular formula is C35H23N3S. The van der Waals surface area contributed by atoms with Crippen LogP contribution < -0.4 is 4.90 Å². The highest BCUT2D eigenvalue weighted by atomic mass is 32.1. The number of para-hydroxylation sites is 2. The number of aromatic nitrogens is 2. The largest absolute Gasteiger partial charge is 0.311 e. The number of hydrogen-bond acceptors (Lipinski definition) is 3. The van der Waals surface area contributed by atoms with Gasteiger partial charge in [-0.3, -0.25) is 4.98 Å². The van der Waals surface area contributed by atoms with Crippen LogP contribution in [-0.4, -0.2) is 9.55 Å². The van der Waals surface area contributed by atoms with Gasteiger partial charge in [0.2, 0.25) is 0 Å². The van der Waals surface area contributed by atoms with Gasteiger partial charge in [0, 0.05) is 54.5 Å². The van der Waals surface area contributed by atoms with Crippen molar-refractivity contribution in [1.82, 2.24) is 9.55 Å². The Balaban J connectivity index is 1.32. The lowest BCUT2D eigenvalue weighted by molar-refractivity contribution is 1.17. The number of benzene rings is 5. The van der Waals surface area contributed by atoms with Gasteiger partial charge in [-0.05, 0) is 78.9 Å². The normalized spacial score (nSPS) is 11.6. The highest BCUT2D eigenvalue weighted by molar-refractivity contribution is 7.25. The molecule has 3 aromatic heterocycles. The van der Waals surface area contributed by atoms with E-state index in [0.717, 1.165) is 33.8 Å². The molecule has 0 radical (unpaired) electrons. The van der Waals surface area contributed by atoms with E-state index in [-0.39, 0.29) is 0 Å². The molecule has 8 aromatic rings. The molecule has 0 bridgehead atoms. The van der Waals surface area contributed by atoms with Crippen LogP contribution in [0.1, 0.15) is 0 Å². The van der Waals surface area contributed by atoms with E-state index in [2.05, 4.69) is 137 Å². The average Bonchev–Trinajstić information content (AvgIpc) is 3.52. The van der Waals surface area contributed by atoms with E-state index >= 15 is 0 Å². The fourth-order valence-corrected chi connectivity index (χ4v) is 6.80. The Labute approximate surface area is 229 Å². The molecule has 0 amide bonds. The molecule has 0 saturated heterocycles. The van der Waals surface area contributed by atoms with Gasteiger partial charge in [0.25, 0.3) is 0 Å². The third-order valence-electron chi connectivity index (χ3n) is 7.41. The zero-order chi connectivity index (χ0) is 25.8. The highest BCUT2D eigenvalue weighted by Crippen LogP contribution is 2.40. The molecule has 0 aliphatic rings. The molecule has 0 atom stereocenters. The molecule has 8 rings (SSSR count). The summed E-state index contributed by atoms with van der Waals surface area (Å²) in [6.45, 7) is 0. The minimum absolute atomic E-state index is 1.03. The third kappa shape index (κ3) is 3.53. The first kappa shape index (κ1) is 22.1. The first-order valence-electron chi connectivity index (χ1n) is 13.1. The van der Waals surface area contributed by atoms with Crippen molar-refractivity contribution in [3.8, 4) is 5.69 Å². The van der Waals surface area contributed by atoms with Crippen LogP contribution in [0, 0.1) is 0 Å². The number of thiophene rings is 1. The molecule has 184 valence electrons. The summed E-state index contributed by atoms with van der Waals surface area (Å²) in [5, 5.41) is 3.79. The van der Waals surface area contributed by atoms with Gasteiger partial charge in [-0.1, -0.05) is 54.6 Å². The van der Waals surface area contributed by atoms with Crippen LogP contribution in [0.25, 0.3) is 47.8 Å². The Kier molecular flexibility index (Phi) is 5.00. The number of rotatable bonds is 4. The standard InChI is InChI=1S/C35H23N3S/c1-3-10-24(11-4-1)37(25-12-5-2-6-13-25)26-17-19-27(20-18-26)38-31-15-9-21-36-35(31)30-22-29-28-14-7-8-16-33(28)39-34(29)23-32(30)38/h1-23H. The maximum atomic E-state index is 4.83. The highest BCUT2D eigenvalue weighted by Gasteiger charge is 2.17. The first-order valence-corrected chi connectivity index (χ1v) is 13.9. The van der Waals surface area contributed by atoms with Gasteiger partial charge in [-0.2, -0.15) is 0 Å². The summed E-state index contributed by atoms with van der Waals surface area (Å²) in [5.74, 6) is 0. The predicted octanol–water partition coefficient (Wildman–Crippen LogP) is 10.0. The van der Waals surface area contributed by atoms with Gasteiger partial charge in [-0.25, -0.2) is 0 Å². The monoisotopic (exact) mass is 517 g/mol. The van der Waals surface area contributed by atoms with Crippen molar-refractivity contribution in [2.45, 2.75) is 0 Å². The number of fused-ring (bicyclic) bond motifs is 6. The van der Waals surface area contributed by atoms with Crippen LogP contribution in [0.4, 0.5) is 17.1 Å². The molecule has 0 fully saturated rings. The summed E-state index contributed by atoms with van der Waals surface area (Å²) in [7, 11) is 0. The minimum Gasteiger partial charge on any atom is -0.311 e. The van der Waals surface area contributed by atoms with Gasteiger partial charge < -0.3 is 9.47 Å². The van der Waals surface area contributed by atoms with Crippen LogP contribution in [0.3, 0.4) is 0 Å². The number of pyridine rings is 1. The van der Waals surface area contributed by atoms with Gasteiger partial charge in [0.05, 0.1) is 16.6 Å². The van der Waals surface area contributed by atoms with E-state index < -0.39 is 0 Å². The molecule has 39 heavy (non-hydrogen) atoms. The Morgan fingerprint density at radius 2 is 1.18 bits per heavy atom. The fourth-order valence-electron chi connectivity index (χ4n) is 5.68. The second kappa shape index (κ2) is 8.83. The molecule has 0 saturated carbocycles. The topological polar surface area (TPSA) is 21.1 Å². The van der Waals surface area contributed by atoms with Crippen molar-refractivity contribution in [2.75, 3.05) is 4.90 Å². The van der Waals surface area contributed by atoms with Crippen molar-refractivity contribution in [1.29, 1.82) is 0 Å². The molecule has 0 spiro atoms. The predicted molar refractivity (Wildman–Crippen MR) is 166 cm³/mol. The third-order valence-corrected chi connectivity index (χ3v) is 8.55. The average molecular weight is 518 g/mol. The van der Waals surface area contributed by atoms with E-state index in [1.54, 1.807) is 0 Å². The summed E-state index contributed by atoms with van der Waals surface area (Å²) < 4.78 is 4.96. The second-order valence-corrected chi connectivity index (χ2v) is 10.8. The molecular weight excluding hydrogens is 494 g/mol. The Bertz CT molecular complexity index is 2070. The number of anilines is 3. The Morgan fingerprint density at radius 1 is 0.513 bits per heavy atom. The van der Waals surface area contributed by atoms with Crippen molar-refractivity contribution < 1.29 is 0 Å². The Hall–Kier alpha value is -4.93. The quantitative estimate of drug-likeness (QED) is 0.232. The summed E-state index contributed by atoms with van der Waals surface area (Å²) >= 11 is 1.85. The summed E-state index contributed by atoms with van der Waals surface area (Å²) in [6.07, 6.45) is 1.89. The molecule has 4 heteroatoms. The maximum absolute atomic E-state index is 4.83. The van der Waals surface area contributed by atoms with E-state index in [9.17, 15) is 0 Å². The molecule has 0 aliphatic heterocycles. The van der Waals surface area contributed by atoms with Crippen LogP contribution in [-0.2, 0) is 0 Å². The van der Waals surface area contributed by atoms with Crippen molar-refractivity contribution >= 4 is 70.5 Å². The molecule has 3 nitrogen and oxygen atoms in total. The van der Waals surface area contributed by atoms with Gasteiger partial charge in [0.15, 0.2) is 0 Å². The summed E-state index contributed by atoms with van der Waals surface area (Å²) in [5.41, 5.74) is 7.82. The Morgan fingerprint density at radius 3 is 1.92 bits per heavy atom. The number of hydrogen-bond donors (Lipinski definition) is 0. The van der Waals surface area contributed by atoms with E-state index in [1.165, 1.54) is 31.1 Å². The van der Waals surface area contributed by atoms with Gasteiger partial charge in [0.1, 0.15) is 0 Å². The lowest BCUT2D eigenvalue weighted by Crippen LogP contribution is -2.09. The van der Waals surface area contributed by atoms with Crippen molar-refractivity contribution in [3.63, 3.8) is 0 Å². The smallest absolute Gasteiger partial charge is 0.0963 e. The van der Waals surface area contributed by atoms with Crippen LogP contribution in [0.5, 0.6) is 0 Å². The molecule has 0 unspecified atom stereocenters. The van der Waals surface area contributed by atoms with E-state index in [1.807, 2.05) is 23.6 Å². The molecule has 3 heterocycles. The van der Waals surface area contributed by atoms with Gasteiger partial charge in [-0.15, -0.1) is 11.3 Å². The maximum Gasteiger partial charge on any atom is 0.0963 e. The van der Waals surface area contributed by atoms with E-state index in [4.69, 9.17) is 4.98 Å². The van der Waals surface area contributed by atoms with Crippen molar-refractivity contribution in [2.24, 2.45) is 0 Å². The van der Waals surface area contributed by atoms with Crippen LogP contribution >= 0.6 is 11.3 Å². The molecule has 0 N–H and O–H groups in total. The first-order chi connectivity index (χ1) is 19.3.